The Balaban J connectivity index is 1.31. The number of likely N-dealkylation sites (tertiary alicyclic amines) is 2. The quantitative estimate of drug-likeness (QED) is 0.809. The summed E-state index contributed by atoms with van der Waals surface area (Å²) in [5.41, 5.74) is 8.77. The predicted octanol–water partition coefficient (Wildman–Crippen LogP) is 1.91. The predicted molar refractivity (Wildman–Crippen MR) is 113 cm³/mol. The lowest BCUT2D eigenvalue weighted by atomic mass is 9.98. The standard InChI is InChI=1S/C22H32N6O/c1-26-14-18(11-25-26)20-15-28(16-21(20)23)22(29)24-12-19-9-5-6-10-27(19)13-17-7-3-2-4-8-17/h2-4,7-8,11,14,19-21H,5-6,9-10,12-13,15-16,23H2,1H3,(H,24,29)/t19-,20-,21+/m0/s1. The van der Waals surface area contributed by atoms with Crippen LogP contribution in [0.1, 0.15) is 36.3 Å². The Morgan fingerprint density at radius 1 is 1.24 bits per heavy atom. The molecule has 2 saturated heterocycles. The van der Waals surface area contributed by atoms with E-state index >= 15 is 0 Å². The number of piperidine rings is 1. The van der Waals surface area contributed by atoms with Gasteiger partial charge >= 0.3 is 6.03 Å². The van der Waals surface area contributed by atoms with Gasteiger partial charge in [0.1, 0.15) is 0 Å². The summed E-state index contributed by atoms with van der Waals surface area (Å²) in [6.07, 6.45) is 7.43. The van der Waals surface area contributed by atoms with Gasteiger partial charge in [-0.1, -0.05) is 36.8 Å². The number of nitrogens with one attached hydrogen (secondary N) is 1. The van der Waals surface area contributed by atoms with Gasteiger partial charge in [-0.05, 0) is 30.5 Å². The van der Waals surface area contributed by atoms with Crippen LogP contribution in [0.4, 0.5) is 4.79 Å². The molecule has 2 aliphatic heterocycles. The van der Waals surface area contributed by atoms with Crippen LogP contribution in [0, 0.1) is 0 Å². The second-order valence-electron chi connectivity index (χ2n) is 8.41. The zero-order chi connectivity index (χ0) is 20.2. The summed E-state index contributed by atoms with van der Waals surface area (Å²) in [6, 6.07) is 10.9. The first kappa shape index (κ1) is 19.9. The molecule has 2 aromatic rings. The molecule has 0 saturated carbocycles. The molecule has 0 unspecified atom stereocenters. The van der Waals surface area contributed by atoms with E-state index in [1.54, 1.807) is 4.68 Å². The third kappa shape index (κ3) is 4.79. The molecule has 1 aromatic heterocycles. The van der Waals surface area contributed by atoms with Crippen molar-refractivity contribution in [2.24, 2.45) is 12.8 Å². The summed E-state index contributed by atoms with van der Waals surface area (Å²) in [7, 11) is 1.90. The lowest BCUT2D eigenvalue weighted by Gasteiger charge is -2.36. The molecule has 2 amide bonds. The van der Waals surface area contributed by atoms with Crippen molar-refractivity contribution in [2.75, 3.05) is 26.2 Å². The number of urea groups is 1. The maximum Gasteiger partial charge on any atom is 0.317 e. The zero-order valence-corrected chi connectivity index (χ0v) is 17.2. The Bertz CT molecular complexity index is 807. The average molecular weight is 397 g/mol. The Labute approximate surface area is 172 Å². The maximum absolute atomic E-state index is 12.8. The van der Waals surface area contributed by atoms with Gasteiger partial charge in [0.2, 0.25) is 0 Å². The SMILES string of the molecule is Cn1cc([C@@H]2CN(C(=O)NC[C@@H]3CCCCN3Cc3ccccc3)C[C@H]2N)cn1. The van der Waals surface area contributed by atoms with Crippen LogP contribution in [-0.2, 0) is 13.6 Å². The molecule has 4 rings (SSSR count). The normalized spacial score (nSPS) is 25.3. The van der Waals surface area contributed by atoms with Gasteiger partial charge in [-0.15, -0.1) is 0 Å². The lowest BCUT2D eigenvalue weighted by Crippen LogP contribution is -2.49. The number of amides is 2. The molecule has 3 atom stereocenters. The highest BCUT2D eigenvalue weighted by molar-refractivity contribution is 5.74. The molecular weight excluding hydrogens is 364 g/mol. The summed E-state index contributed by atoms with van der Waals surface area (Å²) in [6.45, 7) is 3.96. The van der Waals surface area contributed by atoms with E-state index in [2.05, 4.69) is 45.6 Å². The van der Waals surface area contributed by atoms with Gasteiger partial charge in [0.05, 0.1) is 6.20 Å². The van der Waals surface area contributed by atoms with Crippen molar-refractivity contribution >= 4 is 6.03 Å². The highest BCUT2D eigenvalue weighted by atomic mass is 16.2. The monoisotopic (exact) mass is 396 g/mol. The second-order valence-corrected chi connectivity index (χ2v) is 8.41. The topological polar surface area (TPSA) is 79.4 Å². The largest absolute Gasteiger partial charge is 0.336 e. The molecule has 0 spiro atoms. The van der Waals surface area contributed by atoms with E-state index in [9.17, 15) is 4.79 Å². The number of rotatable bonds is 5. The first-order valence-electron chi connectivity index (χ1n) is 10.6. The van der Waals surface area contributed by atoms with Gasteiger partial charge in [-0.25, -0.2) is 4.79 Å². The number of hydrogen-bond acceptors (Lipinski definition) is 4. The average Bonchev–Trinajstić information content (AvgIpc) is 3.33. The fraction of sp³-hybridized carbons (Fsp3) is 0.545. The van der Waals surface area contributed by atoms with Crippen molar-refractivity contribution in [3.8, 4) is 0 Å². The molecule has 7 nitrogen and oxygen atoms in total. The van der Waals surface area contributed by atoms with E-state index in [4.69, 9.17) is 5.73 Å². The minimum atomic E-state index is -0.0470. The van der Waals surface area contributed by atoms with E-state index in [0.29, 0.717) is 25.7 Å². The molecule has 29 heavy (non-hydrogen) atoms. The minimum absolute atomic E-state index is 0.00271. The van der Waals surface area contributed by atoms with Gasteiger partial charge in [-0.3, -0.25) is 9.58 Å². The van der Waals surface area contributed by atoms with Crippen LogP contribution in [0.15, 0.2) is 42.7 Å². The van der Waals surface area contributed by atoms with Gasteiger partial charge < -0.3 is 16.0 Å². The highest BCUT2D eigenvalue weighted by Crippen LogP contribution is 2.26. The van der Waals surface area contributed by atoms with Crippen LogP contribution in [-0.4, -0.2) is 63.9 Å². The van der Waals surface area contributed by atoms with Crippen molar-refractivity contribution in [2.45, 2.75) is 43.8 Å². The van der Waals surface area contributed by atoms with Crippen LogP contribution in [0.3, 0.4) is 0 Å². The number of aryl methyl sites for hydroxylation is 1. The van der Waals surface area contributed by atoms with E-state index in [0.717, 1.165) is 25.1 Å². The van der Waals surface area contributed by atoms with Crippen LogP contribution in [0.2, 0.25) is 0 Å². The first-order chi connectivity index (χ1) is 14.1. The molecule has 156 valence electrons. The van der Waals surface area contributed by atoms with Crippen LogP contribution >= 0.6 is 0 Å². The molecular formula is C22H32N6O. The van der Waals surface area contributed by atoms with Crippen LogP contribution in [0.5, 0.6) is 0 Å². The molecule has 3 N–H and O–H groups in total. The summed E-state index contributed by atoms with van der Waals surface area (Å²) in [5, 5.41) is 7.42. The Hall–Kier alpha value is -2.38. The number of carbonyl (C=O) groups excluding carboxylic acids is 1. The van der Waals surface area contributed by atoms with E-state index in [1.165, 1.54) is 18.4 Å². The second kappa shape index (κ2) is 8.97. The third-order valence-electron chi connectivity index (χ3n) is 6.27. The summed E-state index contributed by atoms with van der Waals surface area (Å²) in [5.74, 6) is 0.152. The summed E-state index contributed by atoms with van der Waals surface area (Å²) in [4.78, 5) is 17.2. The van der Waals surface area contributed by atoms with Crippen molar-refractivity contribution in [1.29, 1.82) is 0 Å². The van der Waals surface area contributed by atoms with Gasteiger partial charge in [0, 0.05) is 57.4 Å². The number of aromatic nitrogens is 2. The maximum atomic E-state index is 12.8. The van der Waals surface area contributed by atoms with Crippen molar-refractivity contribution in [1.82, 2.24) is 24.9 Å². The van der Waals surface area contributed by atoms with Gasteiger partial charge in [-0.2, -0.15) is 5.10 Å². The Kier molecular flexibility index (Phi) is 6.16. The zero-order valence-electron chi connectivity index (χ0n) is 17.2. The number of carbonyl (C=O) groups is 1. The number of nitrogens with two attached hydrogens (primary N) is 1. The molecule has 2 aliphatic rings. The van der Waals surface area contributed by atoms with E-state index < -0.39 is 0 Å². The number of benzene rings is 1. The van der Waals surface area contributed by atoms with Gasteiger partial charge in [0.25, 0.3) is 0 Å². The van der Waals surface area contributed by atoms with E-state index in [1.807, 2.05) is 24.3 Å². The Morgan fingerprint density at radius 2 is 2.07 bits per heavy atom. The number of nitrogens with zero attached hydrogens (tertiary/aromatic N) is 4. The fourth-order valence-corrected chi connectivity index (χ4v) is 4.61. The third-order valence-corrected chi connectivity index (χ3v) is 6.27. The first-order valence-corrected chi connectivity index (χ1v) is 10.6. The molecule has 0 bridgehead atoms. The van der Waals surface area contributed by atoms with Crippen LogP contribution < -0.4 is 11.1 Å². The molecule has 3 heterocycles. The van der Waals surface area contributed by atoms with Gasteiger partial charge in [0.15, 0.2) is 0 Å². The molecule has 7 heteroatoms. The molecule has 1 aromatic carbocycles. The minimum Gasteiger partial charge on any atom is -0.336 e. The van der Waals surface area contributed by atoms with Crippen molar-refractivity contribution in [3.63, 3.8) is 0 Å². The lowest BCUT2D eigenvalue weighted by molar-refractivity contribution is 0.135. The highest BCUT2D eigenvalue weighted by Gasteiger charge is 2.35. The summed E-state index contributed by atoms with van der Waals surface area (Å²) < 4.78 is 1.79. The van der Waals surface area contributed by atoms with Crippen LogP contribution in [0.25, 0.3) is 0 Å². The number of hydrogen-bond donors (Lipinski definition) is 2. The molecule has 0 aliphatic carbocycles. The fourth-order valence-electron chi connectivity index (χ4n) is 4.61. The smallest absolute Gasteiger partial charge is 0.317 e. The van der Waals surface area contributed by atoms with Crippen molar-refractivity contribution in [3.05, 3.63) is 53.9 Å². The Morgan fingerprint density at radius 3 is 2.83 bits per heavy atom. The summed E-state index contributed by atoms with van der Waals surface area (Å²) >= 11 is 0. The van der Waals surface area contributed by atoms with E-state index in [-0.39, 0.29) is 18.0 Å². The van der Waals surface area contributed by atoms with Crippen molar-refractivity contribution < 1.29 is 4.79 Å². The molecule has 2 fully saturated rings. The molecule has 0 radical (unpaired) electrons.